The first kappa shape index (κ1) is 22.0. The number of carbonyl (C=O) groups excluding carboxylic acids is 2. The minimum atomic E-state index is 0.0187. The molecule has 1 aromatic carbocycles. The second-order valence-corrected chi connectivity index (χ2v) is 8.77. The number of nitrogens with zero attached hydrogens (tertiary/aromatic N) is 5. The monoisotopic (exact) mass is 433 g/mol. The Morgan fingerprint density at radius 1 is 1.03 bits per heavy atom. The van der Waals surface area contributed by atoms with Crippen LogP contribution in [0.1, 0.15) is 49.7 Å². The van der Waals surface area contributed by atoms with Crippen molar-refractivity contribution in [2.45, 2.75) is 39.5 Å². The quantitative estimate of drug-likeness (QED) is 0.676. The smallest absolute Gasteiger partial charge is 0.246 e. The van der Waals surface area contributed by atoms with Crippen LogP contribution >= 0.6 is 0 Å². The second kappa shape index (κ2) is 9.51. The molecule has 2 aromatic rings. The summed E-state index contributed by atoms with van der Waals surface area (Å²) in [4.78, 5) is 39.7. The molecule has 0 spiro atoms. The summed E-state index contributed by atoms with van der Waals surface area (Å²) in [6.07, 6.45) is 5.02. The van der Waals surface area contributed by atoms with Crippen LogP contribution in [0.5, 0.6) is 0 Å². The van der Waals surface area contributed by atoms with Crippen LogP contribution in [0, 0.1) is 6.92 Å². The Morgan fingerprint density at radius 2 is 1.75 bits per heavy atom. The van der Waals surface area contributed by atoms with Crippen molar-refractivity contribution < 1.29 is 9.59 Å². The molecule has 2 fully saturated rings. The molecule has 2 aliphatic heterocycles. The summed E-state index contributed by atoms with van der Waals surface area (Å²) in [6, 6.07) is 9.81. The summed E-state index contributed by atoms with van der Waals surface area (Å²) < 4.78 is 0. The molecule has 0 atom stereocenters. The fourth-order valence-electron chi connectivity index (χ4n) is 4.11. The largest absolute Gasteiger partial charge is 0.353 e. The van der Waals surface area contributed by atoms with Gasteiger partial charge in [-0.25, -0.2) is 9.97 Å². The molecule has 0 aliphatic carbocycles. The third-order valence-corrected chi connectivity index (χ3v) is 5.99. The first-order valence-electron chi connectivity index (χ1n) is 11.4. The molecule has 2 saturated heterocycles. The van der Waals surface area contributed by atoms with E-state index in [0.717, 1.165) is 54.6 Å². The minimum absolute atomic E-state index is 0.0187. The fourth-order valence-corrected chi connectivity index (χ4v) is 4.11. The lowest BCUT2D eigenvalue weighted by atomic mass is 10.1. The molecule has 168 valence electrons. The van der Waals surface area contributed by atoms with Gasteiger partial charge in [0.25, 0.3) is 0 Å². The third kappa shape index (κ3) is 4.98. The zero-order valence-electron chi connectivity index (χ0n) is 19.1. The number of amides is 2. The Labute approximate surface area is 189 Å². The number of piperazine rings is 1. The molecule has 3 heterocycles. The van der Waals surface area contributed by atoms with Crippen molar-refractivity contribution in [2.24, 2.45) is 0 Å². The normalized spacial score (nSPS) is 17.1. The molecule has 0 unspecified atom stereocenters. The van der Waals surface area contributed by atoms with E-state index in [1.165, 1.54) is 0 Å². The molecule has 7 nitrogen and oxygen atoms in total. The van der Waals surface area contributed by atoms with Gasteiger partial charge in [0, 0.05) is 68.6 Å². The van der Waals surface area contributed by atoms with Gasteiger partial charge in [0.15, 0.2) is 0 Å². The van der Waals surface area contributed by atoms with E-state index in [0.29, 0.717) is 19.5 Å². The predicted octanol–water partition coefficient (Wildman–Crippen LogP) is 3.40. The van der Waals surface area contributed by atoms with Crippen LogP contribution < -0.4 is 9.80 Å². The Bertz CT molecular complexity index is 1010. The molecule has 2 aliphatic rings. The van der Waals surface area contributed by atoms with Gasteiger partial charge in [-0.3, -0.25) is 9.59 Å². The van der Waals surface area contributed by atoms with Gasteiger partial charge in [0.1, 0.15) is 11.6 Å². The van der Waals surface area contributed by atoms with Crippen molar-refractivity contribution in [3.05, 3.63) is 53.5 Å². The van der Waals surface area contributed by atoms with Crippen molar-refractivity contribution >= 4 is 29.4 Å². The molecule has 4 rings (SSSR count). The van der Waals surface area contributed by atoms with Crippen LogP contribution in [-0.4, -0.2) is 59.4 Å². The Hall–Kier alpha value is -3.22. The first-order valence-corrected chi connectivity index (χ1v) is 11.4. The van der Waals surface area contributed by atoms with E-state index in [-0.39, 0.29) is 17.7 Å². The molecule has 0 radical (unpaired) electrons. The predicted molar refractivity (Wildman–Crippen MR) is 127 cm³/mol. The average molecular weight is 434 g/mol. The Balaban J connectivity index is 1.33. The molecule has 7 heteroatoms. The summed E-state index contributed by atoms with van der Waals surface area (Å²) in [7, 11) is 0. The molecule has 1 aromatic heterocycles. The number of anilines is 2. The van der Waals surface area contributed by atoms with E-state index >= 15 is 0 Å². The highest BCUT2D eigenvalue weighted by Crippen LogP contribution is 2.22. The Morgan fingerprint density at radius 3 is 2.38 bits per heavy atom. The van der Waals surface area contributed by atoms with Crippen LogP contribution in [0.4, 0.5) is 11.5 Å². The van der Waals surface area contributed by atoms with Gasteiger partial charge in [0.05, 0.1) is 0 Å². The van der Waals surface area contributed by atoms with Crippen molar-refractivity contribution in [1.29, 1.82) is 0 Å². The van der Waals surface area contributed by atoms with Crippen LogP contribution in [-0.2, 0) is 9.59 Å². The standard InChI is InChI=1S/C25H31N5O2/c1-18(2)25-26-19(3)17-22(27-25)28-13-15-29(16-14-28)23(31)11-8-20-6-9-21(10-7-20)30-12-4-5-24(30)32/h6-11,17-18H,4-5,12-16H2,1-3H3/b11-8+. The molecule has 32 heavy (non-hydrogen) atoms. The van der Waals surface area contributed by atoms with Gasteiger partial charge >= 0.3 is 0 Å². The van der Waals surface area contributed by atoms with Gasteiger partial charge in [0.2, 0.25) is 11.8 Å². The van der Waals surface area contributed by atoms with E-state index in [9.17, 15) is 9.59 Å². The van der Waals surface area contributed by atoms with E-state index < -0.39 is 0 Å². The highest BCUT2D eigenvalue weighted by atomic mass is 16.2. The number of aryl methyl sites for hydroxylation is 1. The van der Waals surface area contributed by atoms with Crippen molar-refractivity contribution in [3.8, 4) is 0 Å². The van der Waals surface area contributed by atoms with Gasteiger partial charge in [-0.15, -0.1) is 0 Å². The highest BCUT2D eigenvalue weighted by Gasteiger charge is 2.22. The van der Waals surface area contributed by atoms with E-state index in [2.05, 4.69) is 23.7 Å². The van der Waals surface area contributed by atoms with Crippen LogP contribution in [0.3, 0.4) is 0 Å². The maximum atomic E-state index is 12.7. The number of benzene rings is 1. The topological polar surface area (TPSA) is 69.6 Å². The highest BCUT2D eigenvalue weighted by molar-refractivity contribution is 5.95. The summed E-state index contributed by atoms with van der Waals surface area (Å²) in [6.45, 7) is 9.82. The molecule has 0 saturated carbocycles. The van der Waals surface area contributed by atoms with Gasteiger partial charge < -0.3 is 14.7 Å². The number of aromatic nitrogens is 2. The lowest BCUT2D eigenvalue weighted by Gasteiger charge is -2.35. The van der Waals surface area contributed by atoms with Gasteiger partial charge in [-0.05, 0) is 37.1 Å². The molecular formula is C25H31N5O2. The number of carbonyl (C=O) groups is 2. The third-order valence-electron chi connectivity index (χ3n) is 5.99. The molecular weight excluding hydrogens is 402 g/mol. The molecule has 0 bridgehead atoms. The second-order valence-electron chi connectivity index (χ2n) is 8.77. The minimum Gasteiger partial charge on any atom is -0.353 e. The van der Waals surface area contributed by atoms with Crippen molar-refractivity contribution in [1.82, 2.24) is 14.9 Å². The number of hydrogen-bond donors (Lipinski definition) is 0. The maximum absolute atomic E-state index is 12.7. The Kier molecular flexibility index (Phi) is 6.53. The van der Waals surface area contributed by atoms with E-state index in [1.807, 2.05) is 53.1 Å². The van der Waals surface area contributed by atoms with Crippen LogP contribution in [0.25, 0.3) is 6.08 Å². The van der Waals surface area contributed by atoms with E-state index in [4.69, 9.17) is 4.98 Å². The summed E-state index contributed by atoms with van der Waals surface area (Å²) in [5, 5.41) is 0. The number of hydrogen-bond acceptors (Lipinski definition) is 5. The molecule has 0 N–H and O–H groups in total. The average Bonchev–Trinajstić information content (AvgIpc) is 3.23. The fraction of sp³-hybridized carbons (Fsp3) is 0.440. The lowest BCUT2D eigenvalue weighted by molar-refractivity contribution is -0.126. The summed E-state index contributed by atoms with van der Waals surface area (Å²) in [5.41, 5.74) is 2.85. The van der Waals surface area contributed by atoms with Crippen molar-refractivity contribution in [2.75, 3.05) is 42.5 Å². The summed E-state index contributed by atoms with van der Waals surface area (Å²) >= 11 is 0. The van der Waals surface area contributed by atoms with Crippen LogP contribution in [0.2, 0.25) is 0 Å². The molecule has 2 amide bonds. The lowest BCUT2D eigenvalue weighted by Crippen LogP contribution is -2.48. The van der Waals surface area contributed by atoms with E-state index in [1.54, 1.807) is 6.08 Å². The van der Waals surface area contributed by atoms with Gasteiger partial charge in [-0.2, -0.15) is 0 Å². The zero-order chi connectivity index (χ0) is 22.7. The van der Waals surface area contributed by atoms with Crippen molar-refractivity contribution in [3.63, 3.8) is 0 Å². The SMILES string of the molecule is Cc1cc(N2CCN(C(=O)/C=C/c3ccc(N4CCCC4=O)cc3)CC2)nc(C(C)C)n1. The van der Waals surface area contributed by atoms with Crippen LogP contribution in [0.15, 0.2) is 36.4 Å². The maximum Gasteiger partial charge on any atom is 0.246 e. The summed E-state index contributed by atoms with van der Waals surface area (Å²) in [5.74, 6) is 2.29. The van der Waals surface area contributed by atoms with Gasteiger partial charge in [-0.1, -0.05) is 26.0 Å². The first-order chi connectivity index (χ1) is 15.4. The zero-order valence-corrected chi connectivity index (χ0v) is 19.1. The number of rotatable bonds is 5.